The fourth-order valence-corrected chi connectivity index (χ4v) is 3.63. The zero-order valence-electron chi connectivity index (χ0n) is 12.3. The second-order valence-electron chi connectivity index (χ2n) is 5.04. The van der Waals surface area contributed by atoms with Gasteiger partial charge in [0, 0.05) is 23.0 Å². The number of benzene rings is 1. The Morgan fingerprint density at radius 2 is 1.75 bits per heavy atom. The van der Waals surface area contributed by atoms with Crippen LogP contribution in [0.25, 0.3) is 0 Å². The summed E-state index contributed by atoms with van der Waals surface area (Å²) in [5.41, 5.74) is 6.23. The van der Waals surface area contributed by atoms with Crippen molar-refractivity contribution >= 4 is 15.9 Å². The smallest absolute Gasteiger partial charge is 0.216 e. The lowest BCUT2D eigenvalue weighted by atomic mass is 9.95. The van der Waals surface area contributed by atoms with Gasteiger partial charge < -0.3 is 4.74 Å². The molecule has 1 heterocycles. The summed E-state index contributed by atoms with van der Waals surface area (Å²) >= 11 is 3.79. The summed E-state index contributed by atoms with van der Waals surface area (Å²) < 4.78 is 5.14. The fourth-order valence-electron chi connectivity index (χ4n) is 2.57. The van der Waals surface area contributed by atoms with E-state index in [0.717, 1.165) is 12.1 Å². The van der Waals surface area contributed by atoms with Crippen LogP contribution in [0.15, 0.2) is 24.5 Å². The maximum atomic E-state index is 5.14. The number of nitrogens with zero attached hydrogens (tertiary/aromatic N) is 2. The molecule has 106 valence electrons. The Morgan fingerprint density at radius 3 is 2.35 bits per heavy atom. The molecule has 0 N–H and O–H groups in total. The molecule has 20 heavy (non-hydrogen) atoms. The second-order valence-corrected chi connectivity index (χ2v) is 6.14. The van der Waals surface area contributed by atoms with Crippen LogP contribution in [-0.2, 0) is 6.42 Å². The fraction of sp³-hybridized carbons (Fsp3) is 0.375. The molecule has 4 heteroatoms. The van der Waals surface area contributed by atoms with E-state index in [4.69, 9.17) is 4.74 Å². The highest BCUT2D eigenvalue weighted by molar-refractivity contribution is 9.09. The average Bonchev–Trinajstić information content (AvgIpc) is 2.37. The number of halogens is 1. The third kappa shape index (κ3) is 3.37. The summed E-state index contributed by atoms with van der Waals surface area (Å²) in [5.74, 6) is 0.604. The first-order valence-electron chi connectivity index (χ1n) is 6.58. The monoisotopic (exact) mass is 334 g/mol. The zero-order chi connectivity index (χ0) is 14.7. The van der Waals surface area contributed by atoms with Crippen molar-refractivity contribution in [2.75, 3.05) is 7.11 Å². The summed E-state index contributed by atoms with van der Waals surface area (Å²) in [6.45, 7) is 6.44. The lowest BCUT2D eigenvalue weighted by molar-refractivity contribution is 0.396. The molecule has 0 aliphatic heterocycles. The van der Waals surface area contributed by atoms with Gasteiger partial charge in [-0.3, -0.25) is 0 Å². The molecule has 2 aromatic rings. The lowest BCUT2D eigenvalue weighted by Gasteiger charge is -2.17. The van der Waals surface area contributed by atoms with Crippen LogP contribution in [0.4, 0.5) is 0 Å². The molecule has 1 unspecified atom stereocenters. The van der Waals surface area contributed by atoms with Crippen LogP contribution < -0.4 is 4.74 Å². The summed E-state index contributed by atoms with van der Waals surface area (Å²) in [4.78, 5) is 8.58. The van der Waals surface area contributed by atoms with Crippen molar-refractivity contribution in [3.8, 4) is 5.88 Å². The van der Waals surface area contributed by atoms with E-state index in [1.807, 2.05) is 6.07 Å². The highest BCUT2D eigenvalue weighted by atomic mass is 79.9. The van der Waals surface area contributed by atoms with Gasteiger partial charge in [-0.05, 0) is 37.5 Å². The summed E-state index contributed by atoms with van der Waals surface area (Å²) in [5, 5.41) is 0. The number of hydrogen-bond acceptors (Lipinski definition) is 3. The van der Waals surface area contributed by atoms with Gasteiger partial charge in [-0.2, -0.15) is 0 Å². The molecule has 0 radical (unpaired) electrons. The maximum Gasteiger partial charge on any atom is 0.216 e. The van der Waals surface area contributed by atoms with Gasteiger partial charge in [-0.1, -0.05) is 33.6 Å². The Bertz CT molecular complexity index is 590. The highest BCUT2D eigenvalue weighted by Crippen LogP contribution is 2.32. The number of hydrogen-bond donors (Lipinski definition) is 0. The molecule has 0 saturated heterocycles. The van der Waals surface area contributed by atoms with E-state index in [2.05, 4.69) is 58.8 Å². The van der Waals surface area contributed by atoms with Gasteiger partial charge in [0.2, 0.25) is 5.88 Å². The molecule has 1 atom stereocenters. The SMILES string of the molecule is COc1cc(CC(Br)c2c(C)cc(C)cc2C)ncn1. The molecule has 0 spiro atoms. The van der Waals surface area contributed by atoms with Crippen molar-refractivity contribution in [3.05, 3.63) is 52.5 Å². The van der Waals surface area contributed by atoms with Gasteiger partial charge in [0.15, 0.2) is 0 Å². The van der Waals surface area contributed by atoms with E-state index in [1.54, 1.807) is 13.4 Å². The maximum absolute atomic E-state index is 5.14. The van der Waals surface area contributed by atoms with Gasteiger partial charge in [0.05, 0.1) is 7.11 Å². The molecule has 0 aliphatic carbocycles. The topological polar surface area (TPSA) is 35.0 Å². The van der Waals surface area contributed by atoms with E-state index >= 15 is 0 Å². The first-order chi connectivity index (χ1) is 9.51. The molecule has 0 aliphatic rings. The Balaban J connectivity index is 2.26. The summed E-state index contributed by atoms with van der Waals surface area (Å²) in [7, 11) is 1.62. The van der Waals surface area contributed by atoms with Gasteiger partial charge in [-0.25, -0.2) is 9.97 Å². The van der Waals surface area contributed by atoms with Crippen LogP contribution >= 0.6 is 15.9 Å². The lowest BCUT2D eigenvalue weighted by Crippen LogP contribution is -2.03. The normalized spacial score (nSPS) is 12.2. The first-order valence-corrected chi connectivity index (χ1v) is 7.49. The van der Waals surface area contributed by atoms with Crippen LogP contribution in [0.3, 0.4) is 0 Å². The standard InChI is InChI=1S/C16H19BrN2O/c1-10-5-11(2)16(12(3)6-10)14(17)7-13-8-15(20-4)19-9-18-13/h5-6,8-9,14H,7H2,1-4H3. The number of methoxy groups -OCH3 is 1. The molecule has 0 bridgehead atoms. The van der Waals surface area contributed by atoms with Crippen molar-refractivity contribution < 1.29 is 4.74 Å². The van der Waals surface area contributed by atoms with Gasteiger partial charge in [0.1, 0.15) is 6.33 Å². The molecule has 3 nitrogen and oxygen atoms in total. The highest BCUT2D eigenvalue weighted by Gasteiger charge is 2.15. The first kappa shape index (κ1) is 15.0. The van der Waals surface area contributed by atoms with E-state index in [1.165, 1.54) is 22.3 Å². The van der Waals surface area contributed by atoms with Crippen molar-refractivity contribution in [2.45, 2.75) is 32.0 Å². The Morgan fingerprint density at radius 1 is 1.10 bits per heavy atom. The number of ether oxygens (including phenoxy) is 1. The third-order valence-corrected chi connectivity index (χ3v) is 4.13. The Hall–Kier alpha value is -1.42. The van der Waals surface area contributed by atoms with Crippen LogP contribution in [0.1, 0.15) is 32.8 Å². The van der Waals surface area contributed by atoms with E-state index < -0.39 is 0 Å². The number of rotatable bonds is 4. The second kappa shape index (κ2) is 6.35. The Labute approximate surface area is 128 Å². The number of aryl methyl sites for hydroxylation is 3. The molecule has 2 rings (SSSR count). The molecule has 0 fully saturated rings. The van der Waals surface area contributed by atoms with Crippen molar-refractivity contribution in [1.29, 1.82) is 0 Å². The average molecular weight is 335 g/mol. The third-order valence-electron chi connectivity index (χ3n) is 3.35. The number of alkyl halides is 1. The van der Waals surface area contributed by atoms with Crippen molar-refractivity contribution in [1.82, 2.24) is 9.97 Å². The zero-order valence-corrected chi connectivity index (χ0v) is 13.9. The minimum absolute atomic E-state index is 0.239. The van der Waals surface area contributed by atoms with E-state index in [9.17, 15) is 0 Å². The van der Waals surface area contributed by atoms with Crippen LogP contribution in [0.5, 0.6) is 5.88 Å². The summed E-state index contributed by atoms with van der Waals surface area (Å²) in [6.07, 6.45) is 2.35. The van der Waals surface area contributed by atoms with Gasteiger partial charge in [0.25, 0.3) is 0 Å². The van der Waals surface area contributed by atoms with Crippen LogP contribution in [0.2, 0.25) is 0 Å². The van der Waals surface area contributed by atoms with Gasteiger partial charge in [-0.15, -0.1) is 0 Å². The molecule has 1 aromatic carbocycles. The largest absolute Gasteiger partial charge is 0.481 e. The van der Waals surface area contributed by atoms with Crippen LogP contribution in [0, 0.1) is 20.8 Å². The summed E-state index contributed by atoms with van der Waals surface area (Å²) in [6, 6.07) is 6.32. The quantitative estimate of drug-likeness (QED) is 0.790. The molecule has 0 amide bonds. The molecule has 1 aromatic heterocycles. The van der Waals surface area contributed by atoms with Crippen molar-refractivity contribution in [3.63, 3.8) is 0 Å². The molecule has 0 saturated carbocycles. The predicted octanol–water partition coefficient (Wildman–Crippen LogP) is 4.09. The van der Waals surface area contributed by atoms with E-state index in [0.29, 0.717) is 5.88 Å². The van der Waals surface area contributed by atoms with Gasteiger partial charge >= 0.3 is 0 Å². The minimum atomic E-state index is 0.239. The molecular formula is C16H19BrN2O. The van der Waals surface area contributed by atoms with Crippen molar-refractivity contribution in [2.24, 2.45) is 0 Å². The number of aromatic nitrogens is 2. The van der Waals surface area contributed by atoms with E-state index in [-0.39, 0.29) is 4.83 Å². The predicted molar refractivity (Wildman–Crippen MR) is 84.6 cm³/mol. The Kier molecular flexibility index (Phi) is 4.76. The molecular weight excluding hydrogens is 316 g/mol. The van der Waals surface area contributed by atoms with Crippen LogP contribution in [-0.4, -0.2) is 17.1 Å². The minimum Gasteiger partial charge on any atom is -0.481 e.